The van der Waals surface area contributed by atoms with Crippen LogP contribution in [0.2, 0.25) is 0 Å². The van der Waals surface area contributed by atoms with Crippen molar-refractivity contribution in [3.8, 4) is 0 Å². The lowest BCUT2D eigenvalue weighted by Gasteiger charge is -2.03. The van der Waals surface area contributed by atoms with E-state index >= 15 is 0 Å². The van der Waals surface area contributed by atoms with Gasteiger partial charge in [0.2, 0.25) is 0 Å². The number of rotatable bonds is 9. The number of benzene rings is 1. The van der Waals surface area contributed by atoms with Gasteiger partial charge >= 0.3 is 0 Å². The number of thioether (sulfide) groups is 3. The molecule has 0 amide bonds. The van der Waals surface area contributed by atoms with E-state index in [2.05, 4.69) is 30.8 Å². The molecular weight excluding hydrogens is 292 g/mol. The van der Waals surface area contributed by atoms with Crippen molar-refractivity contribution in [2.45, 2.75) is 12.7 Å². The molecule has 19 heavy (non-hydrogen) atoms. The van der Waals surface area contributed by atoms with Crippen LogP contribution in [0.25, 0.3) is 6.08 Å². The molecule has 0 atom stereocenters. The summed E-state index contributed by atoms with van der Waals surface area (Å²) >= 11 is 5.31. The Morgan fingerprint density at radius 2 is 1.74 bits per heavy atom. The minimum atomic E-state index is 0.220. The first-order valence-corrected chi connectivity index (χ1v) is 9.52. The molecule has 1 aromatic rings. The molecule has 0 aliphatic rings. The standard InChI is InChI=1S/C15H20OS3/c1-3-14-4-6-15(7-5-14)12-18-9-8-17-10-11-19-13(2)16/h3-7H,1,8-12H2,2H3. The highest BCUT2D eigenvalue weighted by Crippen LogP contribution is 2.16. The molecule has 0 heterocycles. The molecule has 1 aromatic carbocycles. The summed E-state index contributed by atoms with van der Waals surface area (Å²) in [4.78, 5) is 10.7. The molecule has 0 aliphatic carbocycles. The summed E-state index contributed by atoms with van der Waals surface area (Å²) < 4.78 is 0. The average molecular weight is 313 g/mol. The number of carbonyl (C=O) groups excluding carboxylic acids is 1. The molecule has 0 aromatic heterocycles. The maximum absolute atomic E-state index is 10.7. The van der Waals surface area contributed by atoms with Crippen LogP contribution in [0.4, 0.5) is 0 Å². The largest absolute Gasteiger partial charge is 0.288 e. The van der Waals surface area contributed by atoms with E-state index < -0.39 is 0 Å². The van der Waals surface area contributed by atoms with E-state index in [1.807, 2.05) is 29.6 Å². The van der Waals surface area contributed by atoms with Gasteiger partial charge in [0, 0.05) is 35.7 Å². The van der Waals surface area contributed by atoms with Gasteiger partial charge in [-0.1, -0.05) is 48.7 Å². The Kier molecular flexibility index (Phi) is 9.22. The molecule has 0 saturated heterocycles. The molecule has 0 aliphatic heterocycles. The fourth-order valence-electron chi connectivity index (χ4n) is 1.40. The lowest BCUT2D eigenvalue weighted by molar-refractivity contribution is -0.109. The van der Waals surface area contributed by atoms with Crippen molar-refractivity contribution in [2.24, 2.45) is 0 Å². The molecule has 0 spiro atoms. The second-order valence-electron chi connectivity index (χ2n) is 3.95. The maximum atomic E-state index is 10.7. The van der Waals surface area contributed by atoms with Crippen molar-refractivity contribution < 1.29 is 4.79 Å². The highest BCUT2D eigenvalue weighted by atomic mass is 32.2. The number of carbonyl (C=O) groups is 1. The van der Waals surface area contributed by atoms with E-state index in [1.165, 1.54) is 28.6 Å². The fourth-order valence-corrected chi connectivity index (χ4v) is 4.22. The van der Waals surface area contributed by atoms with Crippen molar-refractivity contribution in [1.82, 2.24) is 0 Å². The van der Waals surface area contributed by atoms with Crippen LogP contribution in [0.3, 0.4) is 0 Å². The minimum absolute atomic E-state index is 0.220. The summed E-state index contributed by atoms with van der Waals surface area (Å²) in [6.07, 6.45) is 1.87. The summed E-state index contributed by atoms with van der Waals surface area (Å²) in [5.41, 5.74) is 2.54. The predicted octanol–water partition coefficient (Wildman–Crippen LogP) is 4.58. The molecule has 1 nitrogen and oxygen atoms in total. The van der Waals surface area contributed by atoms with Gasteiger partial charge in [-0.3, -0.25) is 4.79 Å². The van der Waals surface area contributed by atoms with Crippen LogP contribution in [-0.4, -0.2) is 28.1 Å². The second kappa shape index (κ2) is 10.5. The van der Waals surface area contributed by atoms with E-state index in [0.29, 0.717) is 0 Å². The van der Waals surface area contributed by atoms with Crippen molar-refractivity contribution >= 4 is 46.5 Å². The van der Waals surface area contributed by atoms with E-state index in [0.717, 1.165) is 23.0 Å². The molecule has 0 N–H and O–H groups in total. The van der Waals surface area contributed by atoms with Gasteiger partial charge in [-0.2, -0.15) is 23.5 Å². The summed E-state index contributed by atoms with van der Waals surface area (Å²) in [6.45, 7) is 5.38. The third-order valence-corrected chi connectivity index (χ3v) is 5.74. The molecule has 0 radical (unpaired) electrons. The van der Waals surface area contributed by atoms with Crippen LogP contribution in [0.5, 0.6) is 0 Å². The van der Waals surface area contributed by atoms with Crippen molar-refractivity contribution in [3.63, 3.8) is 0 Å². The van der Waals surface area contributed by atoms with Gasteiger partial charge in [0.05, 0.1) is 0 Å². The second-order valence-corrected chi connectivity index (χ2v) is 7.55. The van der Waals surface area contributed by atoms with Crippen LogP contribution in [0.1, 0.15) is 18.1 Å². The van der Waals surface area contributed by atoms with Gasteiger partial charge in [-0.25, -0.2) is 0 Å². The van der Waals surface area contributed by atoms with Gasteiger partial charge in [-0.05, 0) is 11.1 Å². The van der Waals surface area contributed by atoms with Crippen LogP contribution in [0.15, 0.2) is 30.8 Å². The zero-order valence-corrected chi connectivity index (χ0v) is 13.7. The molecule has 1 rings (SSSR count). The summed E-state index contributed by atoms with van der Waals surface area (Å²) in [5.74, 6) is 5.40. The van der Waals surface area contributed by atoms with Gasteiger partial charge in [0.25, 0.3) is 0 Å². The van der Waals surface area contributed by atoms with Crippen LogP contribution in [0, 0.1) is 0 Å². The van der Waals surface area contributed by atoms with E-state index in [1.54, 1.807) is 6.92 Å². The SMILES string of the molecule is C=Cc1ccc(CSCCSCCSC(C)=O)cc1. The lowest BCUT2D eigenvalue weighted by atomic mass is 10.1. The molecule has 104 valence electrons. The van der Waals surface area contributed by atoms with Gasteiger partial charge in [-0.15, -0.1) is 0 Å². The van der Waals surface area contributed by atoms with Gasteiger partial charge in [0.1, 0.15) is 0 Å². The maximum Gasteiger partial charge on any atom is 0.185 e. The van der Waals surface area contributed by atoms with E-state index in [-0.39, 0.29) is 5.12 Å². The Morgan fingerprint density at radius 1 is 1.11 bits per heavy atom. The van der Waals surface area contributed by atoms with Crippen molar-refractivity contribution in [3.05, 3.63) is 42.0 Å². The highest BCUT2D eigenvalue weighted by molar-refractivity contribution is 8.14. The zero-order chi connectivity index (χ0) is 13.9. The summed E-state index contributed by atoms with van der Waals surface area (Å²) in [7, 11) is 0. The molecule has 0 unspecified atom stereocenters. The van der Waals surface area contributed by atoms with E-state index in [4.69, 9.17) is 0 Å². The Bertz CT molecular complexity index is 387. The molecule has 0 fully saturated rings. The Balaban J connectivity index is 2.01. The minimum Gasteiger partial charge on any atom is -0.288 e. The Hall–Kier alpha value is -0.320. The first-order chi connectivity index (χ1) is 9.22. The van der Waals surface area contributed by atoms with Gasteiger partial charge in [0.15, 0.2) is 5.12 Å². The molecule has 0 bridgehead atoms. The quantitative estimate of drug-likeness (QED) is 0.621. The van der Waals surface area contributed by atoms with Crippen LogP contribution in [-0.2, 0) is 10.5 Å². The molecule has 0 saturated carbocycles. The first-order valence-electron chi connectivity index (χ1n) is 6.22. The normalized spacial score (nSPS) is 10.4. The third-order valence-electron chi connectivity index (χ3n) is 2.39. The summed E-state index contributed by atoms with van der Waals surface area (Å²) in [5, 5.41) is 0.220. The van der Waals surface area contributed by atoms with Crippen molar-refractivity contribution in [1.29, 1.82) is 0 Å². The van der Waals surface area contributed by atoms with Gasteiger partial charge < -0.3 is 0 Å². The average Bonchev–Trinajstić information content (AvgIpc) is 2.42. The molecule has 4 heteroatoms. The summed E-state index contributed by atoms with van der Waals surface area (Å²) in [6, 6.07) is 8.55. The van der Waals surface area contributed by atoms with Crippen LogP contribution < -0.4 is 0 Å². The third kappa shape index (κ3) is 8.45. The van der Waals surface area contributed by atoms with Crippen molar-refractivity contribution in [2.75, 3.05) is 23.0 Å². The van der Waals surface area contributed by atoms with Crippen LogP contribution >= 0.6 is 35.3 Å². The Morgan fingerprint density at radius 3 is 2.37 bits per heavy atom. The Labute approximate surface area is 129 Å². The zero-order valence-electron chi connectivity index (χ0n) is 11.3. The lowest BCUT2D eigenvalue weighted by Crippen LogP contribution is -1.92. The number of hydrogen-bond donors (Lipinski definition) is 0. The molecular formula is C15H20OS3. The predicted molar refractivity (Wildman–Crippen MR) is 93.2 cm³/mol. The fraction of sp³-hybridized carbons (Fsp3) is 0.400. The smallest absolute Gasteiger partial charge is 0.185 e. The highest BCUT2D eigenvalue weighted by Gasteiger charge is 1.96. The monoisotopic (exact) mass is 312 g/mol. The topological polar surface area (TPSA) is 17.1 Å². The first kappa shape index (κ1) is 16.7. The van der Waals surface area contributed by atoms with E-state index in [9.17, 15) is 4.79 Å². The number of hydrogen-bond acceptors (Lipinski definition) is 4.